The number of carbonyl (C=O) groups is 2. The molecular weight excluding hydrogens is 318 g/mol. The fraction of sp³-hybridized carbons (Fsp3) is 0.300. The Morgan fingerprint density at radius 1 is 1.04 bits per heavy atom. The highest BCUT2D eigenvalue weighted by molar-refractivity contribution is 5.96. The first kappa shape index (κ1) is 18.7. The largest absolute Gasteiger partial charge is 0.489 e. The van der Waals surface area contributed by atoms with E-state index in [1.54, 1.807) is 31.3 Å². The first-order valence-corrected chi connectivity index (χ1v) is 8.19. The number of ether oxygens (including phenoxy) is 2. The van der Waals surface area contributed by atoms with E-state index in [4.69, 9.17) is 9.47 Å². The molecule has 2 aromatic carbocycles. The lowest BCUT2D eigenvalue weighted by Crippen LogP contribution is -2.35. The number of hydrogen-bond acceptors (Lipinski definition) is 5. The molecule has 0 bridgehead atoms. The predicted octanol–water partition coefficient (Wildman–Crippen LogP) is 2.99. The third-order valence-corrected chi connectivity index (χ3v) is 3.92. The molecule has 1 unspecified atom stereocenters. The summed E-state index contributed by atoms with van der Waals surface area (Å²) in [5, 5.41) is 2.85. The Labute approximate surface area is 148 Å². The van der Waals surface area contributed by atoms with E-state index in [9.17, 15) is 9.59 Å². The van der Waals surface area contributed by atoms with Crippen LogP contribution in [0.4, 0.5) is 0 Å². The zero-order valence-corrected chi connectivity index (χ0v) is 14.5. The molecule has 5 heteroatoms. The minimum atomic E-state index is -0.470. The van der Waals surface area contributed by atoms with Gasteiger partial charge >= 0.3 is 5.97 Å². The van der Waals surface area contributed by atoms with Gasteiger partial charge in [-0.2, -0.15) is 0 Å². The number of esters is 1. The molecule has 0 saturated carbocycles. The van der Waals surface area contributed by atoms with Crippen molar-refractivity contribution in [3.05, 3.63) is 65.7 Å². The van der Waals surface area contributed by atoms with Gasteiger partial charge in [-0.1, -0.05) is 30.3 Å². The molecule has 0 aromatic heterocycles. The van der Waals surface area contributed by atoms with Crippen molar-refractivity contribution in [1.29, 1.82) is 0 Å². The molecule has 0 amide bonds. The van der Waals surface area contributed by atoms with Gasteiger partial charge in [0.05, 0.1) is 7.11 Å². The molecule has 0 aliphatic rings. The smallest absolute Gasteiger partial charge is 0.322 e. The number of nitrogens with one attached hydrogen (secondary N) is 1. The summed E-state index contributed by atoms with van der Waals surface area (Å²) < 4.78 is 10.4. The number of ketones is 1. The summed E-state index contributed by atoms with van der Waals surface area (Å²) >= 11 is 0. The second-order valence-electron chi connectivity index (χ2n) is 5.62. The summed E-state index contributed by atoms with van der Waals surface area (Å²) in [5.41, 5.74) is 1.69. The van der Waals surface area contributed by atoms with Crippen molar-refractivity contribution in [2.75, 3.05) is 14.2 Å². The molecule has 0 spiro atoms. The highest BCUT2D eigenvalue weighted by Gasteiger charge is 2.18. The molecule has 25 heavy (non-hydrogen) atoms. The number of hydrogen-bond donors (Lipinski definition) is 1. The van der Waals surface area contributed by atoms with Crippen molar-refractivity contribution in [3.8, 4) is 5.75 Å². The van der Waals surface area contributed by atoms with Gasteiger partial charge in [0.1, 0.15) is 18.4 Å². The van der Waals surface area contributed by atoms with Gasteiger partial charge in [0.25, 0.3) is 0 Å². The maximum Gasteiger partial charge on any atom is 0.322 e. The van der Waals surface area contributed by atoms with Crippen LogP contribution in [0.25, 0.3) is 0 Å². The monoisotopic (exact) mass is 341 g/mol. The minimum absolute atomic E-state index is 0.0150. The minimum Gasteiger partial charge on any atom is -0.489 e. The molecule has 2 rings (SSSR count). The number of benzene rings is 2. The summed E-state index contributed by atoms with van der Waals surface area (Å²) in [7, 11) is 3.01. The van der Waals surface area contributed by atoms with Crippen LogP contribution in [0.15, 0.2) is 54.6 Å². The Bertz CT molecular complexity index is 683. The van der Waals surface area contributed by atoms with E-state index >= 15 is 0 Å². The lowest BCUT2D eigenvalue weighted by Gasteiger charge is -2.13. The lowest BCUT2D eigenvalue weighted by atomic mass is 10.0. The molecule has 132 valence electrons. The van der Waals surface area contributed by atoms with Gasteiger partial charge in [-0.05, 0) is 43.3 Å². The van der Waals surface area contributed by atoms with E-state index in [1.165, 1.54) is 7.11 Å². The van der Waals surface area contributed by atoms with Crippen molar-refractivity contribution in [1.82, 2.24) is 5.32 Å². The summed E-state index contributed by atoms with van der Waals surface area (Å²) in [4.78, 5) is 23.8. The van der Waals surface area contributed by atoms with Crippen LogP contribution < -0.4 is 10.1 Å². The Balaban J connectivity index is 1.86. The van der Waals surface area contributed by atoms with Crippen LogP contribution in [0, 0.1) is 0 Å². The van der Waals surface area contributed by atoms with Crippen LogP contribution in [0.1, 0.15) is 28.8 Å². The number of Topliss-reactive ketones (excluding diaryl/α,β-unsaturated/α-hetero) is 1. The standard InChI is InChI=1S/C20H23NO4/c1-21-18(20(23)24-2)12-13-19(22)16-8-10-17(11-9-16)25-14-15-6-4-3-5-7-15/h3-11,18,21H,12-14H2,1-2H3. The van der Waals surface area contributed by atoms with Crippen LogP contribution in [0.3, 0.4) is 0 Å². The average Bonchev–Trinajstić information content (AvgIpc) is 2.67. The third kappa shape index (κ3) is 5.72. The fourth-order valence-corrected chi connectivity index (χ4v) is 2.42. The summed E-state index contributed by atoms with van der Waals surface area (Å²) in [6.45, 7) is 0.483. The molecule has 1 atom stereocenters. The average molecular weight is 341 g/mol. The molecule has 1 N–H and O–H groups in total. The SMILES string of the molecule is CNC(CCC(=O)c1ccc(OCc2ccccc2)cc1)C(=O)OC. The molecular formula is C20H23NO4. The third-order valence-electron chi connectivity index (χ3n) is 3.92. The number of methoxy groups -OCH3 is 1. The van der Waals surface area contributed by atoms with Gasteiger partial charge in [-0.15, -0.1) is 0 Å². The molecule has 0 radical (unpaired) electrons. The van der Waals surface area contributed by atoms with Gasteiger partial charge in [0, 0.05) is 12.0 Å². The van der Waals surface area contributed by atoms with Crippen LogP contribution in [0.2, 0.25) is 0 Å². The quantitative estimate of drug-likeness (QED) is 0.561. The maximum absolute atomic E-state index is 12.2. The number of carbonyl (C=O) groups excluding carboxylic acids is 2. The van der Waals surface area contributed by atoms with E-state index in [2.05, 4.69) is 5.32 Å². The summed E-state index contributed by atoms with van der Waals surface area (Å²) in [6, 6.07) is 16.5. The van der Waals surface area contributed by atoms with Crippen molar-refractivity contribution in [2.24, 2.45) is 0 Å². The van der Waals surface area contributed by atoms with E-state index in [0.29, 0.717) is 24.3 Å². The van der Waals surface area contributed by atoms with Crippen molar-refractivity contribution >= 4 is 11.8 Å². The highest BCUT2D eigenvalue weighted by atomic mass is 16.5. The second-order valence-corrected chi connectivity index (χ2v) is 5.62. The van der Waals surface area contributed by atoms with Gasteiger partial charge in [-0.3, -0.25) is 9.59 Å². The van der Waals surface area contributed by atoms with E-state index in [0.717, 1.165) is 5.56 Å². The Morgan fingerprint density at radius 3 is 2.32 bits per heavy atom. The topological polar surface area (TPSA) is 64.6 Å². The van der Waals surface area contributed by atoms with Gasteiger partial charge in [0.2, 0.25) is 0 Å². The van der Waals surface area contributed by atoms with Crippen molar-refractivity contribution in [3.63, 3.8) is 0 Å². The van der Waals surface area contributed by atoms with Crippen molar-refractivity contribution < 1.29 is 19.1 Å². The Morgan fingerprint density at radius 2 is 1.72 bits per heavy atom. The van der Waals surface area contributed by atoms with E-state index in [1.807, 2.05) is 30.3 Å². The number of likely N-dealkylation sites (N-methyl/N-ethyl adjacent to an activating group) is 1. The lowest BCUT2D eigenvalue weighted by molar-refractivity contribution is -0.143. The van der Waals surface area contributed by atoms with Gasteiger partial charge in [-0.25, -0.2) is 0 Å². The van der Waals surface area contributed by atoms with E-state index in [-0.39, 0.29) is 18.2 Å². The zero-order chi connectivity index (χ0) is 18.1. The molecule has 0 fully saturated rings. The normalized spacial score (nSPS) is 11.6. The Kier molecular flexibility index (Phi) is 7.16. The molecule has 0 saturated heterocycles. The van der Waals surface area contributed by atoms with Crippen LogP contribution >= 0.6 is 0 Å². The first-order chi connectivity index (χ1) is 12.1. The van der Waals surface area contributed by atoms with Crippen LogP contribution in [-0.2, 0) is 16.1 Å². The fourth-order valence-electron chi connectivity index (χ4n) is 2.42. The summed E-state index contributed by atoms with van der Waals surface area (Å²) in [5.74, 6) is 0.335. The molecule has 2 aromatic rings. The van der Waals surface area contributed by atoms with E-state index < -0.39 is 6.04 Å². The predicted molar refractivity (Wildman–Crippen MR) is 95.6 cm³/mol. The molecule has 5 nitrogen and oxygen atoms in total. The highest BCUT2D eigenvalue weighted by Crippen LogP contribution is 2.16. The first-order valence-electron chi connectivity index (χ1n) is 8.19. The number of rotatable bonds is 9. The second kappa shape index (κ2) is 9.59. The van der Waals surface area contributed by atoms with Gasteiger partial charge in [0.15, 0.2) is 5.78 Å². The summed E-state index contributed by atoms with van der Waals surface area (Å²) in [6.07, 6.45) is 0.666. The molecule has 0 aliphatic heterocycles. The van der Waals surface area contributed by atoms with Crippen LogP contribution in [0.5, 0.6) is 5.75 Å². The molecule has 0 heterocycles. The zero-order valence-electron chi connectivity index (χ0n) is 14.5. The molecule has 0 aliphatic carbocycles. The maximum atomic E-state index is 12.2. The van der Waals surface area contributed by atoms with Crippen molar-refractivity contribution in [2.45, 2.75) is 25.5 Å². The Hall–Kier alpha value is -2.66. The van der Waals surface area contributed by atoms with Gasteiger partial charge < -0.3 is 14.8 Å². The van der Waals surface area contributed by atoms with Crippen LogP contribution in [-0.4, -0.2) is 32.0 Å².